The Morgan fingerprint density at radius 1 is 1.11 bits per heavy atom. The van der Waals surface area contributed by atoms with E-state index in [1.807, 2.05) is 45.0 Å². The minimum absolute atomic E-state index is 0.0200. The summed E-state index contributed by atoms with van der Waals surface area (Å²) in [4.78, 5) is 19.5. The zero-order valence-corrected chi connectivity index (χ0v) is 22.4. The zero-order chi connectivity index (χ0) is 26.3. The zero-order valence-electron chi connectivity index (χ0n) is 21.6. The molecular weight excluding hydrogens is 478 g/mol. The summed E-state index contributed by atoms with van der Waals surface area (Å²) >= 11 is 0. The standard InChI is InChI=1S/C27H35N3O5S/c1-20(2)17-29(26(31)23-7-6-8-25(15-23)35-5)18-24-16-28-27(30(24)13-14-34-4)36(32,33)19-22-11-9-21(3)10-12-22/h6-12,15-16,20H,13-14,17-19H2,1-5H3. The normalized spacial score (nSPS) is 11.6. The third-order valence-electron chi connectivity index (χ3n) is 5.72. The van der Waals surface area contributed by atoms with Crippen molar-refractivity contribution in [2.75, 3.05) is 27.4 Å². The number of aryl methyl sites for hydroxylation is 1. The van der Waals surface area contributed by atoms with Gasteiger partial charge in [-0.25, -0.2) is 13.4 Å². The quantitative estimate of drug-likeness (QED) is 0.362. The number of ether oxygens (including phenoxy) is 2. The van der Waals surface area contributed by atoms with Crippen LogP contribution in [0.15, 0.2) is 59.9 Å². The summed E-state index contributed by atoms with van der Waals surface area (Å²) in [6.45, 7) is 7.35. The Labute approximate surface area is 213 Å². The molecule has 3 aromatic rings. The number of aromatic nitrogens is 2. The molecule has 0 bridgehead atoms. The van der Waals surface area contributed by atoms with Crippen molar-refractivity contribution in [3.63, 3.8) is 0 Å². The van der Waals surface area contributed by atoms with E-state index in [2.05, 4.69) is 4.98 Å². The molecule has 1 aromatic heterocycles. The van der Waals surface area contributed by atoms with Crippen molar-refractivity contribution in [3.05, 3.63) is 77.1 Å². The van der Waals surface area contributed by atoms with Crippen LogP contribution in [0.3, 0.4) is 0 Å². The number of imidazole rings is 1. The van der Waals surface area contributed by atoms with E-state index in [4.69, 9.17) is 9.47 Å². The monoisotopic (exact) mass is 513 g/mol. The number of carbonyl (C=O) groups excluding carboxylic acids is 1. The van der Waals surface area contributed by atoms with Crippen molar-refractivity contribution in [1.82, 2.24) is 14.5 Å². The Bertz CT molecular complexity index is 1270. The predicted molar refractivity (Wildman–Crippen MR) is 139 cm³/mol. The van der Waals surface area contributed by atoms with E-state index in [0.717, 1.165) is 5.56 Å². The molecular formula is C27H35N3O5S. The first kappa shape index (κ1) is 27.4. The van der Waals surface area contributed by atoms with E-state index in [-0.39, 0.29) is 29.3 Å². The smallest absolute Gasteiger partial charge is 0.254 e. The molecule has 0 saturated carbocycles. The second-order valence-corrected chi connectivity index (χ2v) is 11.1. The Hall–Kier alpha value is -3.17. The van der Waals surface area contributed by atoms with E-state index in [1.165, 1.54) is 0 Å². The van der Waals surface area contributed by atoms with E-state index in [1.54, 1.807) is 54.1 Å². The van der Waals surface area contributed by atoms with Crippen molar-refractivity contribution < 1.29 is 22.7 Å². The number of sulfone groups is 1. The Kier molecular flexibility index (Phi) is 9.28. The van der Waals surface area contributed by atoms with Gasteiger partial charge in [-0.05, 0) is 36.6 Å². The van der Waals surface area contributed by atoms with Gasteiger partial charge in [-0.2, -0.15) is 0 Å². The van der Waals surface area contributed by atoms with Crippen LogP contribution < -0.4 is 4.74 Å². The van der Waals surface area contributed by atoms with Crippen LogP contribution in [0.4, 0.5) is 0 Å². The fraction of sp³-hybridized carbons (Fsp3) is 0.407. The summed E-state index contributed by atoms with van der Waals surface area (Å²) in [5.41, 5.74) is 2.89. The van der Waals surface area contributed by atoms with Crippen molar-refractivity contribution >= 4 is 15.7 Å². The Morgan fingerprint density at radius 2 is 1.83 bits per heavy atom. The molecule has 194 valence electrons. The van der Waals surface area contributed by atoms with Crippen LogP contribution in [-0.4, -0.2) is 56.1 Å². The van der Waals surface area contributed by atoms with E-state index >= 15 is 0 Å². The largest absolute Gasteiger partial charge is 0.497 e. The maximum absolute atomic E-state index is 13.4. The summed E-state index contributed by atoms with van der Waals surface area (Å²) in [6.07, 6.45) is 1.55. The topological polar surface area (TPSA) is 90.7 Å². The summed E-state index contributed by atoms with van der Waals surface area (Å²) < 4.78 is 38.9. The van der Waals surface area contributed by atoms with Gasteiger partial charge in [0.2, 0.25) is 15.0 Å². The number of rotatable bonds is 12. The number of benzene rings is 2. The highest BCUT2D eigenvalue weighted by atomic mass is 32.2. The van der Waals surface area contributed by atoms with Crippen LogP contribution >= 0.6 is 0 Å². The molecule has 1 heterocycles. The number of methoxy groups -OCH3 is 2. The molecule has 3 rings (SSSR count). The molecule has 0 fully saturated rings. The van der Waals surface area contributed by atoms with Gasteiger partial charge in [0.15, 0.2) is 0 Å². The number of hydrogen-bond acceptors (Lipinski definition) is 6. The molecule has 2 aromatic carbocycles. The number of amides is 1. The third kappa shape index (κ3) is 6.95. The third-order valence-corrected chi connectivity index (χ3v) is 7.31. The van der Waals surface area contributed by atoms with Crippen LogP contribution in [0, 0.1) is 12.8 Å². The van der Waals surface area contributed by atoms with Crippen LogP contribution in [0.5, 0.6) is 5.75 Å². The van der Waals surface area contributed by atoms with Crippen LogP contribution in [0.1, 0.15) is 41.0 Å². The molecule has 0 atom stereocenters. The van der Waals surface area contributed by atoms with E-state index in [0.29, 0.717) is 42.3 Å². The number of hydrogen-bond donors (Lipinski definition) is 0. The van der Waals surface area contributed by atoms with Gasteiger partial charge in [0.25, 0.3) is 5.91 Å². The second-order valence-electron chi connectivity index (χ2n) is 9.23. The molecule has 0 radical (unpaired) electrons. The Morgan fingerprint density at radius 3 is 2.47 bits per heavy atom. The van der Waals surface area contributed by atoms with Crippen molar-refractivity contribution in [3.8, 4) is 5.75 Å². The average molecular weight is 514 g/mol. The van der Waals surface area contributed by atoms with Crippen LogP contribution in [-0.2, 0) is 33.4 Å². The molecule has 0 unspecified atom stereocenters. The molecule has 36 heavy (non-hydrogen) atoms. The highest BCUT2D eigenvalue weighted by Gasteiger charge is 2.26. The van der Waals surface area contributed by atoms with Gasteiger partial charge in [-0.1, -0.05) is 49.7 Å². The molecule has 8 nitrogen and oxygen atoms in total. The van der Waals surface area contributed by atoms with Crippen LogP contribution in [0.2, 0.25) is 0 Å². The van der Waals surface area contributed by atoms with Crippen molar-refractivity contribution in [1.29, 1.82) is 0 Å². The molecule has 0 N–H and O–H groups in total. The summed E-state index contributed by atoms with van der Waals surface area (Å²) in [5, 5.41) is -0.0200. The summed E-state index contributed by atoms with van der Waals surface area (Å²) in [6, 6.07) is 14.4. The first-order valence-corrected chi connectivity index (χ1v) is 13.5. The lowest BCUT2D eigenvalue weighted by atomic mass is 10.1. The van der Waals surface area contributed by atoms with E-state index in [9.17, 15) is 13.2 Å². The maximum Gasteiger partial charge on any atom is 0.254 e. The SMILES string of the molecule is COCCn1c(CN(CC(C)C)C(=O)c2cccc(OC)c2)cnc1S(=O)(=O)Cc1ccc(C)cc1. The fourth-order valence-corrected chi connectivity index (χ4v) is 5.47. The van der Waals surface area contributed by atoms with Gasteiger partial charge in [0.1, 0.15) is 5.75 Å². The number of nitrogens with zero attached hydrogens (tertiary/aromatic N) is 3. The minimum atomic E-state index is -3.73. The first-order valence-electron chi connectivity index (χ1n) is 11.9. The lowest BCUT2D eigenvalue weighted by molar-refractivity contribution is 0.0716. The maximum atomic E-state index is 13.4. The Balaban J connectivity index is 1.95. The molecule has 0 spiro atoms. The van der Waals surface area contributed by atoms with Gasteiger partial charge in [-0.3, -0.25) is 4.79 Å². The highest BCUT2D eigenvalue weighted by Crippen LogP contribution is 2.21. The number of carbonyl (C=O) groups is 1. The average Bonchev–Trinajstić information content (AvgIpc) is 3.26. The minimum Gasteiger partial charge on any atom is -0.497 e. The lowest BCUT2D eigenvalue weighted by Crippen LogP contribution is -2.34. The molecule has 0 aliphatic carbocycles. The van der Waals surface area contributed by atoms with Crippen LogP contribution in [0.25, 0.3) is 0 Å². The highest BCUT2D eigenvalue weighted by molar-refractivity contribution is 7.90. The first-order chi connectivity index (χ1) is 17.1. The van der Waals surface area contributed by atoms with Gasteiger partial charge in [-0.15, -0.1) is 0 Å². The fourth-order valence-electron chi connectivity index (χ4n) is 3.95. The molecule has 0 saturated heterocycles. The van der Waals surface area contributed by atoms with Gasteiger partial charge >= 0.3 is 0 Å². The molecule has 9 heteroatoms. The van der Waals surface area contributed by atoms with Gasteiger partial charge in [0.05, 0.1) is 37.9 Å². The molecule has 0 aliphatic heterocycles. The van der Waals surface area contributed by atoms with Crippen molar-refractivity contribution in [2.45, 2.75) is 44.8 Å². The lowest BCUT2D eigenvalue weighted by Gasteiger charge is -2.25. The van der Waals surface area contributed by atoms with Gasteiger partial charge in [0, 0.05) is 25.8 Å². The second kappa shape index (κ2) is 12.2. The van der Waals surface area contributed by atoms with Crippen molar-refractivity contribution in [2.24, 2.45) is 5.92 Å². The van der Waals surface area contributed by atoms with Gasteiger partial charge < -0.3 is 18.9 Å². The van der Waals surface area contributed by atoms with E-state index < -0.39 is 9.84 Å². The summed E-state index contributed by atoms with van der Waals surface area (Å²) in [5.74, 6) is 0.487. The predicted octanol–water partition coefficient (Wildman–Crippen LogP) is 4.12. The molecule has 1 amide bonds. The molecule has 0 aliphatic rings. The summed E-state index contributed by atoms with van der Waals surface area (Å²) in [7, 11) is -0.608.